The number of hydrogen-bond donors (Lipinski definition) is 6. The molecule has 43 heavy (non-hydrogen) atoms. The molecule has 0 spiro atoms. The summed E-state index contributed by atoms with van der Waals surface area (Å²) >= 11 is 0. The van der Waals surface area contributed by atoms with E-state index in [1.54, 1.807) is 4.90 Å². The Morgan fingerprint density at radius 2 is 1.30 bits per heavy atom. The van der Waals surface area contributed by atoms with Crippen LogP contribution in [-0.2, 0) is 19.1 Å². The van der Waals surface area contributed by atoms with Gasteiger partial charge in [0.2, 0.25) is 17.7 Å². The van der Waals surface area contributed by atoms with Crippen molar-refractivity contribution in [2.75, 3.05) is 52.4 Å². The van der Waals surface area contributed by atoms with Crippen LogP contribution in [0.4, 0.5) is 4.79 Å². The molecule has 0 aliphatic carbocycles. The smallest absolute Gasteiger partial charge is 0.410 e. The predicted molar refractivity (Wildman–Crippen MR) is 159 cm³/mol. The van der Waals surface area contributed by atoms with Gasteiger partial charge in [0, 0.05) is 49.5 Å². The Morgan fingerprint density at radius 1 is 0.814 bits per heavy atom. The lowest BCUT2D eigenvalue weighted by Crippen LogP contribution is -2.52. The molecule has 0 bridgehead atoms. The second-order valence-electron chi connectivity index (χ2n) is 13.1. The zero-order valence-corrected chi connectivity index (χ0v) is 25.6. The van der Waals surface area contributed by atoms with Gasteiger partial charge in [-0.25, -0.2) is 4.79 Å². The molecule has 15 nitrogen and oxygen atoms in total. The maximum atomic E-state index is 13.1. The van der Waals surface area contributed by atoms with Gasteiger partial charge in [0.1, 0.15) is 5.60 Å². The van der Waals surface area contributed by atoms with Crippen molar-refractivity contribution < 1.29 is 23.9 Å². The van der Waals surface area contributed by atoms with Crippen molar-refractivity contribution in [2.45, 2.75) is 82.6 Å². The Kier molecular flexibility index (Phi) is 11.5. The third-order valence-corrected chi connectivity index (χ3v) is 8.87. The van der Waals surface area contributed by atoms with Crippen LogP contribution in [-0.4, -0.2) is 111 Å². The summed E-state index contributed by atoms with van der Waals surface area (Å²) in [6.45, 7) is 9.54. The lowest BCUT2D eigenvalue weighted by Gasteiger charge is -2.29. The van der Waals surface area contributed by atoms with E-state index in [0.29, 0.717) is 45.8 Å². The topological polar surface area (TPSA) is 202 Å². The summed E-state index contributed by atoms with van der Waals surface area (Å²) in [4.78, 5) is 56.1. The van der Waals surface area contributed by atoms with Gasteiger partial charge in [0.15, 0.2) is 0 Å². The van der Waals surface area contributed by atoms with Crippen LogP contribution in [0, 0.1) is 17.8 Å². The standard InChI is InChI=1S/C28H48N10O5/c1-28(2,3)43-27(42)38-12-4-5-20(38)16-35-26(41)22-18(7-10-31-22)14-33-24(39)21-17(6-9-30-21)13-34-25(40)23-19(8-11-32-23)15-36-37-29/h17-23,30-32H,4-16H2,1-3H3,(H,33,39)(H,34,40)(H,35,41)/t17?,18?,19?,20?,21-,22-,23-/m0/s1. The molecule has 4 rings (SSSR count). The maximum Gasteiger partial charge on any atom is 0.410 e. The Labute approximate surface area is 253 Å². The number of amides is 4. The number of nitrogens with one attached hydrogen (secondary N) is 6. The van der Waals surface area contributed by atoms with Crippen LogP contribution in [0.1, 0.15) is 52.9 Å². The van der Waals surface area contributed by atoms with Crippen LogP contribution in [0.2, 0.25) is 0 Å². The first-order chi connectivity index (χ1) is 20.6. The van der Waals surface area contributed by atoms with Crippen LogP contribution in [0.5, 0.6) is 0 Å². The summed E-state index contributed by atoms with van der Waals surface area (Å²) in [6.07, 6.45) is 3.61. The highest BCUT2D eigenvalue weighted by Crippen LogP contribution is 2.22. The normalized spacial score (nSPS) is 30.5. The van der Waals surface area contributed by atoms with E-state index < -0.39 is 23.7 Å². The average molecular weight is 605 g/mol. The van der Waals surface area contributed by atoms with Crippen LogP contribution in [0.3, 0.4) is 0 Å². The molecule has 4 unspecified atom stereocenters. The van der Waals surface area contributed by atoms with Gasteiger partial charge in [-0.3, -0.25) is 14.4 Å². The number of ether oxygens (including phenoxy) is 1. The lowest BCUT2D eigenvalue weighted by molar-refractivity contribution is -0.126. The first-order valence-electron chi connectivity index (χ1n) is 15.6. The van der Waals surface area contributed by atoms with Crippen molar-refractivity contribution in [1.82, 2.24) is 36.8 Å². The van der Waals surface area contributed by atoms with E-state index in [1.807, 2.05) is 20.8 Å². The fourth-order valence-electron chi connectivity index (χ4n) is 6.59. The van der Waals surface area contributed by atoms with E-state index in [9.17, 15) is 19.2 Å². The summed E-state index contributed by atoms with van der Waals surface area (Å²) in [6, 6.07) is -1.37. The molecule has 15 heteroatoms. The van der Waals surface area contributed by atoms with Crippen LogP contribution < -0.4 is 31.9 Å². The Morgan fingerprint density at radius 3 is 1.81 bits per heavy atom. The molecule has 6 N–H and O–H groups in total. The Bertz CT molecular complexity index is 1060. The molecule has 4 aliphatic heterocycles. The molecular formula is C28H48N10O5. The van der Waals surface area contributed by atoms with E-state index in [2.05, 4.69) is 41.9 Å². The van der Waals surface area contributed by atoms with Gasteiger partial charge < -0.3 is 41.5 Å². The first kappa shape index (κ1) is 32.8. The summed E-state index contributed by atoms with van der Waals surface area (Å²) < 4.78 is 5.53. The second kappa shape index (κ2) is 15.0. The number of rotatable bonds is 11. The SMILES string of the molecule is CC(C)(C)OC(=O)N1CCCC1CNC(=O)[C@H]1NCCC1CNC(=O)[C@H]1NCCC1CNC(=O)[C@H]1NCCC1CN=[N+]=[N-]. The van der Waals surface area contributed by atoms with E-state index in [0.717, 1.165) is 32.1 Å². The summed E-state index contributed by atoms with van der Waals surface area (Å²) in [5.41, 5.74) is 8.03. The van der Waals surface area contributed by atoms with Crippen molar-refractivity contribution in [1.29, 1.82) is 0 Å². The molecule has 4 saturated heterocycles. The highest BCUT2D eigenvalue weighted by Gasteiger charge is 2.38. The third-order valence-electron chi connectivity index (χ3n) is 8.87. The van der Waals surface area contributed by atoms with Gasteiger partial charge in [-0.2, -0.15) is 0 Å². The summed E-state index contributed by atoms with van der Waals surface area (Å²) in [5.74, 6) is -0.562. The third kappa shape index (κ3) is 8.94. The fourth-order valence-corrected chi connectivity index (χ4v) is 6.59. The highest BCUT2D eigenvalue weighted by atomic mass is 16.6. The number of likely N-dealkylation sites (tertiary alicyclic amines) is 1. The van der Waals surface area contributed by atoms with Crippen LogP contribution >= 0.6 is 0 Å². The predicted octanol–water partition coefficient (Wildman–Crippen LogP) is -0.0209. The number of azide groups is 1. The van der Waals surface area contributed by atoms with Gasteiger partial charge in [-0.15, -0.1) is 0 Å². The molecule has 0 aromatic carbocycles. The number of hydrogen-bond acceptors (Lipinski definition) is 9. The molecule has 4 heterocycles. The average Bonchev–Trinajstić information content (AvgIpc) is 3.77. The van der Waals surface area contributed by atoms with Crippen molar-refractivity contribution in [3.8, 4) is 0 Å². The number of carbonyl (C=O) groups is 4. The summed E-state index contributed by atoms with van der Waals surface area (Å²) in [7, 11) is 0. The number of nitrogens with zero attached hydrogens (tertiary/aromatic N) is 4. The Hall–Kier alpha value is -3.13. The molecular weight excluding hydrogens is 556 g/mol. The molecule has 0 saturated carbocycles. The number of carbonyl (C=O) groups excluding carboxylic acids is 4. The van der Waals surface area contributed by atoms with E-state index >= 15 is 0 Å². The van der Waals surface area contributed by atoms with Gasteiger partial charge in [-0.05, 0) is 84.0 Å². The van der Waals surface area contributed by atoms with Gasteiger partial charge >= 0.3 is 6.09 Å². The molecule has 240 valence electrons. The van der Waals surface area contributed by atoms with Gasteiger partial charge in [0.25, 0.3) is 0 Å². The molecule has 0 radical (unpaired) electrons. The van der Waals surface area contributed by atoms with Crippen molar-refractivity contribution in [3.63, 3.8) is 0 Å². The Balaban J connectivity index is 1.21. The quantitative estimate of drug-likeness (QED) is 0.107. The van der Waals surface area contributed by atoms with Crippen molar-refractivity contribution >= 4 is 23.8 Å². The van der Waals surface area contributed by atoms with Crippen LogP contribution in [0.15, 0.2) is 5.11 Å². The van der Waals surface area contributed by atoms with Crippen LogP contribution in [0.25, 0.3) is 10.4 Å². The lowest BCUT2D eigenvalue weighted by atomic mass is 9.97. The zero-order chi connectivity index (χ0) is 31.0. The van der Waals surface area contributed by atoms with Gasteiger partial charge in [-0.1, -0.05) is 5.11 Å². The minimum absolute atomic E-state index is 0.0380. The minimum atomic E-state index is -0.577. The monoisotopic (exact) mass is 604 g/mol. The van der Waals surface area contributed by atoms with Crippen molar-refractivity contribution in [3.05, 3.63) is 10.4 Å². The molecule has 0 aromatic heterocycles. The maximum absolute atomic E-state index is 13.1. The van der Waals surface area contributed by atoms with E-state index in [1.165, 1.54) is 0 Å². The van der Waals surface area contributed by atoms with E-state index in [4.69, 9.17) is 10.3 Å². The molecule has 4 fully saturated rings. The summed E-state index contributed by atoms with van der Waals surface area (Å²) in [5, 5.41) is 22.3. The van der Waals surface area contributed by atoms with Crippen molar-refractivity contribution in [2.24, 2.45) is 22.9 Å². The highest BCUT2D eigenvalue weighted by molar-refractivity contribution is 5.85. The molecule has 7 atom stereocenters. The molecule has 0 aromatic rings. The first-order valence-corrected chi connectivity index (χ1v) is 15.6. The molecule has 4 amide bonds. The van der Waals surface area contributed by atoms with Gasteiger partial charge in [0.05, 0.1) is 24.2 Å². The fraction of sp³-hybridized carbons (Fsp3) is 0.857. The molecule has 4 aliphatic rings. The van der Waals surface area contributed by atoms with E-state index in [-0.39, 0.29) is 54.2 Å². The minimum Gasteiger partial charge on any atom is -0.444 e. The second-order valence-corrected chi connectivity index (χ2v) is 13.1. The zero-order valence-electron chi connectivity index (χ0n) is 25.6. The largest absolute Gasteiger partial charge is 0.444 e.